The van der Waals surface area contributed by atoms with Gasteiger partial charge in [-0.25, -0.2) is 43.8 Å². The minimum Gasteiger partial charge on any atom is -0.399 e. The molecule has 6 aromatic carbocycles. The molecule has 0 amide bonds. The molecule has 10 N–H and O–H groups in total. The first-order chi connectivity index (χ1) is 31.3. The quantitative estimate of drug-likeness (QED) is 0.0661. The monoisotopic (exact) mass is 954 g/mol. The molecule has 0 bridgehead atoms. The largest absolute Gasteiger partial charge is 0.399 e. The third kappa shape index (κ3) is 11.3. The number of nitrogens with one attached hydrogen (secondary N) is 3. The van der Waals surface area contributed by atoms with Crippen LogP contribution in [0.1, 0.15) is 89.3 Å². The number of fused-ring (bicyclic) bond motifs is 3. The Labute approximate surface area is 386 Å². The summed E-state index contributed by atoms with van der Waals surface area (Å²) in [6.07, 6.45) is 4.51. The standard InChI is InChI=1S/C17H20N2O3S.C17H20N2O2S.C15H15FN2O2S/c1-2-11-3-7-14(8-4-11)23(21,22)19-17-15-10-13(18)6-5-12(15)9-16(17)20;1-2-12-3-8-15(9-4-12)22(20,21)19-17-10-6-13-5-7-14(18)11-16(13)17;16-11-3-6-13(7-4-11)21(19,20)18-15-8-2-10-1-5-12(17)9-14(10)15/h3-8,10,16-17,19-20H,2,9,18H2,1H3;3-5,7-9,11,17,19H,2,6,10,18H2,1H3;1,3-7,9,15,18H,2,8,17H2/t16-,17?;;/m1../s1. The Morgan fingerprint density at radius 3 is 1.29 bits per heavy atom. The van der Waals surface area contributed by atoms with Crippen molar-refractivity contribution in [2.24, 2.45) is 0 Å². The van der Waals surface area contributed by atoms with Crippen LogP contribution >= 0.6 is 0 Å². The molecule has 0 aliphatic heterocycles. The number of nitrogen functional groups attached to an aromatic ring is 3. The first kappa shape index (κ1) is 48.3. The van der Waals surface area contributed by atoms with Crippen LogP contribution < -0.4 is 31.4 Å². The first-order valence-corrected chi connectivity index (χ1v) is 26.1. The van der Waals surface area contributed by atoms with Gasteiger partial charge in [-0.05, 0) is 168 Å². The minimum absolute atomic E-state index is 0.0567. The van der Waals surface area contributed by atoms with Gasteiger partial charge in [0.05, 0.1) is 26.8 Å². The predicted octanol–water partition coefficient (Wildman–Crippen LogP) is 6.94. The number of anilines is 3. The number of hydrogen-bond donors (Lipinski definition) is 7. The van der Waals surface area contributed by atoms with E-state index in [1.165, 1.54) is 17.7 Å². The molecule has 9 rings (SSSR count). The number of rotatable bonds is 11. The lowest BCUT2D eigenvalue weighted by Gasteiger charge is -2.18. The molecule has 0 radical (unpaired) electrons. The average molecular weight is 955 g/mol. The van der Waals surface area contributed by atoms with Gasteiger partial charge in [0.25, 0.3) is 0 Å². The molecule has 3 aliphatic rings. The van der Waals surface area contributed by atoms with Gasteiger partial charge in [-0.1, -0.05) is 56.3 Å². The van der Waals surface area contributed by atoms with E-state index in [0.717, 1.165) is 83.2 Å². The van der Waals surface area contributed by atoms with E-state index in [2.05, 4.69) is 14.2 Å². The Morgan fingerprint density at radius 1 is 0.515 bits per heavy atom. The molecule has 348 valence electrons. The Kier molecular flexibility index (Phi) is 14.7. The van der Waals surface area contributed by atoms with E-state index in [0.29, 0.717) is 34.8 Å². The maximum absolute atomic E-state index is 12.9. The lowest BCUT2D eigenvalue weighted by molar-refractivity contribution is 0.151. The van der Waals surface area contributed by atoms with Crippen molar-refractivity contribution < 1.29 is 34.8 Å². The fourth-order valence-corrected chi connectivity index (χ4v) is 12.2. The highest BCUT2D eigenvalue weighted by Crippen LogP contribution is 2.36. The van der Waals surface area contributed by atoms with Crippen molar-refractivity contribution in [1.82, 2.24) is 14.2 Å². The van der Waals surface area contributed by atoms with E-state index in [9.17, 15) is 34.8 Å². The third-order valence-electron chi connectivity index (χ3n) is 12.1. The van der Waals surface area contributed by atoms with Crippen molar-refractivity contribution in [3.8, 4) is 0 Å². The number of hydrogen-bond acceptors (Lipinski definition) is 10. The average Bonchev–Trinajstić information content (AvgIpc) is 3.97. The second-order valence-electron chi connectivity index (χ2n) is 16.6. The van der Waals surface area contributed by atoms with Gasteiger partial charge in [-0.2, -0.15) is 0 Å². The molecule has 13 nitrogen and oxygen atoms in total. The van der Waals surface area contributed by atoms with Gasteiger partial charge in [-0.15, -0.1) is 0 Å². The van der Waals surface area contributed by atoms with Crippen LogP contribution in [0.4, 0.5) is 21.5 Å². The third-order valence-corrected chi connectivity index (χ3v) is 16.5. The van der Waals surface area contributed by atoms with Crippen molar-refractivity contribution in [2.75, 3.05) is 17.2 Å². The zero-order chi connectivity index (χ0) is 47.4. The SMILES string of the molecule is CCc1ccc(S(=O)(=O)NC2CCc3ccc(N)cc32)cc1.CCc1ccc(S(=O)(=O)NC2c3cc(N)ccc3C[C@H]2O)cc1.Nc1ccc2c(c1)C(NS(=O)(=O)c1ccc(F)cc1)CC2. The summed E-state index contributed by atoms with van der Waals surface area (Å²) in [5.41, 5.74) is 27.2. The van der Waals surface area contributed by atoms with Gasteiger partial charge in [0.1, 0.15) is 5.82 Å². The molecule has 0 spiro atoms. The molecular weight excluding hydrogens is 900 g/mol. The summed E-state index contributed by atoms with van der Waals surface area (Å²) >= 11 is 0. The van der Waals surface area contributed by atoms with Crippen LogP contribution in [0.15, 0.2) is 142 Å². The highest BCUT2D eigenvalue weighted by Gasteiger charge is 2.35. The highest BCUT2D eigenvalue weighted by atomic mass is 32.2. The van der Waals surface area contributed by atoms with Crippen LogP contribution in [0, 0.1) is 5.82 Å². The van der Waals surface area contributed by atoms with Gasteiger partial charge in [0.15, 0.2) is 0 Å². The van der Waals surface area contributed by atoms with E-state index >= 15 is 0 Å². The molecule has 3 aliphatic carbocycles. The molecule has 4 atom stereocenters. The lowest BCUT2D eigenvalue weighted by atomic mass is 10.1. The normalized spacial score (nSPS) is 18.5. The van der Waals surface area contributed by atoms with Crippen molar-refractivity contribution in [3.63, 3.8) is 0 Å². The van der Waals surface area contributed by atoms with E-state index in [4.69, 9.17) is 17.2 Å². The van der Waals surface area contributed by atoms with Crippen LogP contribution in [0.2, 0.25) is 0 Å². The molecule has 66 heavy (non-hydrogen) atoms. The van der Waals surface area contributed by atoms with Crippen LogP contribution in [-0.2, 0) is 62.2 Å². The zero-order valence-electron chi connectivity index (χ0n) is 36.6. The summed E-state index contributed by atoms with van der Waals surface area (Å²) in [5, 5.41) is 10.2. The Bertz CT molecular complexity index is 3030. The molecule has 0 heterocycles. The van der Waals surface area contributed by atoms with E-state index < -0.39 is 48.0 Å². The molecule has 0 fully saturated rings. The van der Waals surface area contributed by atoms with Gasteiger partial charge in [0, 0.05) is 35.6 Å². The minimum atomic E-state index is -3.71. The summed E-state index contributed by atoms with van der Waals surface area (Å²) in [5.74, 6) is -0.465. The van der Waals surface area contributed by atoms with Crippen molar-refractivity contribution in [1.29, 1.82) is 0 Å². The van der Waals surface area contributed by atoms with Gasteiger partial charge in [-0.3, -0.25) is 0 Å². The van der Waals surface area contributed by atoms with Crippen LogP contribution in [0.5, 0.6) is 0 Å². The van der Waals surface area contributed by atoms with Gasteiger partial charge in [0.2, 0.25) is 30.1 Å². The predicted molar refractivity (Wildman–Crippen MR) is 256 cm³/mol. The maximum Gasteiger partial charge on any atom is 0.241 e. The summed E-state index contributed by atoms with van der Waals surface area (Å²) in [4.78, 5) is 0.558. The van der Waals surface area contributed by atoms with E-state index in [1.807, 2.05) is 62.4 Å². The molecule has 0 saturated heterocycles. The second-order valence-corrected chi connectivity index (χ2v) is 21.8. The highest BCUT2D eigenvalue weighted by molar-refractivity contribution is 7.90. The van der Waals surface area contributed by atoms with Gasteiger partial charge >= 0.3 is 0 Å². The van der Waals surface area contributed by atoms with Crippen molar-refractivity contribution in [2.45, 2.75) is 97.7 Å². The molecule has 6 aromatic rings. The maximum atomic E-state index is 12.9. The summed E-state index contributed by atoms with van der Waals surface area (Å²) < 4.78 is 95.9. The Morgan fingerprint density at radius 2 is 0.879 bits per heavy atom. The molecule has 0 aromatic heterocycles. The summed E-state index contributed by atoms with van der Waals surface area (Å²) in [7, 11) is -10.9. The molecule has 3 unspecified atom stereocenters. The zero-order valence-corrected chi connectivity index (χ0v) is 39.1. The molecule has 17 heteroatoms. The number of nitrogens with two attached hydrogens (primary N) is 3. The number of aryl methyl sites for hydroxylation is 4. The number of benzene rings is 6. The van der Waals surface area contributed by atoms with Crippen molar-refractivity contribution in [3.05, 3.63) is 178 Å². The topological polar surface area (TPSA) is 237 Å². The van der Waals surface area contributed by atoms with E-state index in [-0.39, 0.29) is 21.9 Å². The first-order valence-electron chi connectivity index (χ1n) is 21.7. The van der Waals surface area contributed by atoms with Gasteiger partial charge < -0.3 is 22.3 Å². The van der Waals surface area contributed by atoms with Crippen LogP contribution in [0.25, 0.3) is 0 Å². The van der Waals surface area contributed by atoms with Crippen LogP contribution in [-0.4, -0.2) is 36.5 Å². The number of sulfonamides is 3. The van der Waals surface area contributed by atoms with Crippen LogP contribution in [0.3, 0.4) is 0 Å². The number of aliphatic hydroxyl groups is 1. The smallest absolute Gasteiger partial charge is 0.241 e. The Balaban J connectivity index is 0.000000147. The lowest BCUT2D eigenvalue weighted by Crippen LogP contribution is -2.33. The summed E-state index contributed by atoms with van der Waals surface area (Å²) in [6, 6.07) is 34.0. The fraction of sp³-hybridized carbons (Fsp3) is 0.265. The fourth-order valence-electron chi connectivity index (χ4n) is 8.44. The van der Waals surface area contributed by atoms with Crippen molar-refractivity contribution >= 4 is 47.1 Å². The number of aliphatic hydroxyl groups excluding tert-OH is 1. The molecule has 0 saturated carbocycles. The molecular formula is C49H55FN6O7S3. The number of halogens is 1. The van der Waals surface area contributed by atoms with E-state index in [1.54, 1.807) is 54.6 Å². The Hall–Kier alpha value is -5.66. The summed E-state index contributed by atoms with van der Waals surface area (Å²) in [6.45, 7) is 4.06. The second kappa shape index (κ2) is 20.1.